The fourth-order valence-corrected chi connectivity index (χ4v) is 2.84. The summed E-state index contributed by atoms with van der Waals surface area (Å²) in [7, 11) is 0. The van der Waals surface area contributed by atoms with Gasteiger partial charge in [-0.3, -0.25) is 4.90 Å². The van der Waals surface area contributed by atoms with Gasteiger partial charge in [-0.2, -0.15) is 0 Å². The molecule has 0 aromatic carbocycles. The zero-order chi connectivity index (χ0) is 14.0. The Bertz CT molecular complexity index is 321. The van der Waals surface area contributed by atoms with Gasteiger partial charge in [0.15, 0.2) is 0 Å². The minimum absolute atomic E-state index is 0.0729. The molecule has 5 nitrogen and oxygen atoms in total. The first kappa shape index (κ1) is 14.6. The van der Waals surface area contributed by atoms with Crippen LogP contribution >= 0.6 is 0 Å². The maximum Gasteiger partial charge on any atom is 0.410 e. The van der Waals surface area contributed by atoms with Gasteiger partial charge in [-0.05, 0) is 53.1 Å². The summed E-state index contributed by atoms with van der Waals surface area (Å²) in [6.07, 6.45) is 2.44. The van der Waals surface area contributed by atoms with Crippen molar-refractivity contribution in [3.05, 3.63) is 0 Å². The van der Waals surface area contributed by atoms with E-state index in [9.17, 15) is 9.90 Å². The van der Waals surface area contributed by atoms with Crippen LogP contribution < -0.4 is 0 Å². The van der Waals surface area contributed by atoms with E-state index in [4.69, 9.17) is 4.74 Å². The summed E-state index contributed by atoms with van der Waals surface area (Å²) in [6.45, 7) is 8.86. The van der Waals surface area contributed by atoms with Crippen molar-refractivity contribution >= 4 is 6.09 Å². The Morgan fingerprint density at radius 3 is 2.42 bits per heavy atom. The van der Waals surface area contributed by atoms with Crippen molar-refractivity contribution in [2.75, 3.05) is 26.2 Å². The Kier molecular flexibility index (Phi) is 4.36. The molecule has 0 spiro atoms. The molecule has 2 aliphatic heterocycles. The fourth-order valence-electron chi connectivity index (χ4n) is 2.84. The van der Waals surface area contributed by atoms with Crippen molar-refractivity contribution < 1.29 is 14.6 Å². The third-order valence-electron chi connectivity index (χ3n) is 3.81. The molecule has 1 amide bonds. The van der Waals surface area contributed by atoms with Gasteiger partial charge in [-0.15, -0.1) is 0 Å². The number of piperidine rings is 1. The predicted molar refractivity (Wildman–Crippen MR) is 73.0 cm³/mol. The maximum atomic E-state index is 12.1. The van der Waals surface area contributed by atoms with Crippen LogP contribution in [0.4, 0.5) is 4.79 Å². The molecule has 0 bridgehead atoms. The van der Waals surface area contributed by atoms with E-state index in [1.165, 1.54) is 12.8 Å². The SMILES string of the molecule is CC(C)(C)OC(=O)N1CCC(O)C(N2CCCC2)C1. The van der Waals surface area contributed by atoms with Gasteiger partial charge < -0.3 is 14.7 Å². The van der Waals surface area contributed by atoms with Crippen molar-refractivity contribution in [3.63, 3.8) is 0 Å². The molecule has 2 unspecified atom stereocenters. The minimum Gasteiger partial charge on any atom is -0.444 e. The van der Waals surface area contributed by atoms with Gasteiger partial charge in [0.25, 0.3) is 0 Å². The summed E-state index contributed by atoms with van der Waals surface area (Å²) < 4.78 is 5.41. The van der Waals surface area contributed by atoms with E-state index in [-0.39, 0.29) is 18.2 Å². The molecule has 0 aromatic rings. The number of aliphatic hydroxyl groups is 1. The second kappa shape index (κ2) is 5.67. The summed E-state index contributed by atoms with van der Waals surface area (Å²) in [5.74, 6) is 0. The molecule has 110 valence electrons. The quantitative estimate of drug-likeness (QED) is 0.783. The zero-order valence-electron chi connectivity index (χ0n) is 12.3. The number of rotatable bonds is 1. The van der Waals surface area contributed by atoms with E-state index >= 15 is 0 Å². The highest BCUT2D eigenvalue weighted by molar-refractivity contribution is 5.68. The summed E-state index contributed by atoms with van der Waals surface area (Å²) in [5, 5.41) is 10.1. The number of carbonyl (C=O) groups excluding carboxylic acids is 1. The highest BCUT2D eigenvalue weighted by Gasteiger charge is 2.36. The van der Waals surface area contributed by atoms with Crippen molar-refractivity contribution in [2.45, 2.75) is 57.8 Å². The summed E-state index contributed by atoms with van der Waals surface area (Å²) in [4.78, 5) is 16.1. The van der Waals surface area contributed by atoms with Gasteiger partial charge in [0.2, 0.25) is 0 Å². The molecule has 2 saturated heterocycles. The van der Waals surface area contributed by atoms with E-state index < -0.39 is 5.60 Å². The largest absolute Gasteiger partial charge is 0.444 e. The van der Waals surface area contributed by atoms with E-state index in [1.54, 1.807) is 4.90 Å². The van der Waals surface area contributed by atoms with Crippen molar-refractivity contribution in [1.82, 2.24) is 9.80 Å². The van der Waals surface area contributed by atoms with Gasteiger partial charge >= 0.3 is 6.09 Å². The third-order valence-corrected chi connectivity index (χ3v) is 3.81. The molecular weight excluding hydrogens is 244 g/mol. The first-order valence-electron chi connectivity index (χ1n) is 7.27. The number of ether oxygens (including phenoxy) is 1. The molecular formula is C14H26N2O3. The van der Waals surface area contributed by atoms with Gasteiger partial charge in [0, 0.05) is 13.1 Å². The monoisotopic (exact) mass is 270 g/mol. The van der Waals surface area contributed by atoms with Crippen LogP contribution in [0.25, 0.3) is 0 Å². The molecule has 0 radical (unpaired) electrons. The van der Waals surface area contributed by atoms with Crippen LogP contribution in [0.15, 0.2) is 0 Å². The van der Waals surface area contributed by atoms with Gasteiger partial charge in [-0.1, -0.05) is 0 Å². The van der Waals surface area contributed by atoms with Crippen LogP contribution in [0.3, 0.4) is 0 Å². The molecule has 0 aromatic heterocycles. The highest BCUT2D eigenvalue weighted by Crippen LogP contribution is 2.22. The van der Waals surface area contributed by atoms with E-state index in [0.717, 1.165) is 13.1 Å². The minimum atomic E-state index is -0.462. The first-order chi connectivity index (χ1) is 8.87. The van der Waals surface area contributed by atoms with Crippen LogP contribution in [-0.4, -0.2) is 64.9 Å². The lowest BCUT2D eigenvalue weighted by molar-refractivity contribution is -0.0221. The Hall–Kier alpha value is -0.810. The smallest absolute Gasteiger partial charge is 0.410 e. The maximum absolute atomic E-state index is 12.1. The number of hydrogen-bond acceptors (Lipinski definition) is 4. The lowest BCUT2D eigenvalue weighted by Gasteiger charge is -2.40. The highest BCUT2D eigenvalue weighted by atomic mass is 16.6. The Labute approximate surface area is 115 Å². The normalized spacial score (nSPS) is 29.6. The number of likely N-dealkylation sites (tertiary alicyclic amines) is 2. The molecule has 2 heterocycles. The standard InChI is InChI=1S/C14H26N2O3/c1-14(2,3)19-13(18)16-9-6-12(17)11(10-16)15-7-4-5-8-15/h11-12,17H,4-10H2,1-3H3. The fraction of sp³-hybridized carbons (Fsp3) is 0.929. The van der Waals surface area contributed by atoms with E-state index in [0.29, 0.717) is 19.5 Å². The molecule has 2 rings (SSSR count). The number of aliphatic hydroxyl groups excluding tert-OH is 1. The number of hydrogen-bond donors (Lipinski definition) is 1. The second-order valence-electron chi connectivity index (χ2n) is 6.59. The zero-order valence-corrected chi connectivity index (χ0v) is 12.3. The van der Waals surface area contributed by atoms with E-state index in [2.05, 4.69) is 4.90 Å². The topological polar surface area (TPSA) is 53.0 Å². The van der Waals surface area contributed by atoms with Crippen LogP contribution in [0.5, 0.6) is 0 Å². The number of amides is 1. The van der Waals surface area contributed by atoms with Crippen LogP contribution in [0.1, 0.15) is 40.0 Å². The molecule has 5 heteroatoms. The number of nitrogens with zero attached hydrogens (tertiary/aromatic N) is 2. The average Bonchev–Trinajstić information content (AvgIpc) is 2.80. The van der Waals surface area contributed by atoms with Crippen LogP contribution in [-0.2, 0) is 4.74 Å². The molecule has 0 saturated carbocycles. The van der Waals surface area contributed by atoms with Crippen LogP contribution in [0, 0.1) is 0 Å². The predicted octanol–water partition coefficient (Wildman–Crippen LogP) is 1.45. The Balaban J connectivity index is 1.94. The lowest BCUT2D eigenvalue weighted by Crippen LogP contribution is -2.56. The Morgan fingerprint density at radius 1 is 1.21 bits per heavy atom. The van der Waals surface area contributed by atoms with Crippen LogP contribution in [0.2, 0.25) is 0 Å². The summed E-state index contributed by atoms with van der Waals surface area (Å²) >= 11 is 0. The van der Waals surface area contributed by atoms with Crippen molar-refractivity contribution in [1.29, 1.82) is 0 Å². The summed E-state index contributed by atoms with van der Waals surface area (Å²) in [5.41, 5.74) is -0.462. The lowest BCUT2D eigenvalue weighted by atomic mass is 10.0. The van der Waals surface area contributed by atoms with Crippen molar-refractivity contribution in [3.8, 4) is 0 Å². The van der Waals surface area contributed by atoms with Gasteiger partial charge in [0.05, 0.1) is 12.1 Å². The average molecular weight is 270 g/mol. The molecule has 2 atom stereocenters. The molecule has 19 heavy (non-hydrogen) atoms. The van der Waals surface area contributed by atoms with Gasteiger partial charge in [0.1, 0.15) is 5.60 Å². The molecule has 0 aliphatic carbocycles. The van der Waals surface area contributed by atoms with E-state index in [1.807, 2.05) is 20.8 Å². The second-order valence-corrected chi connectivity index (χ2v) is 6.59. The van der Waals surface area contributed by atoms with Crippen molar-refractivity contribution in [2.24, 2.45) is 0 Å². The van der Waals surface area contributed by atoms with Gasteiger partial charge in [-0.25, -0.2) is 4.79 Å². The molecule has 2 aliphatic rings. The Morgan fingerprint density at radius 2 is 1.84 bits per heavy atom. The third kappa shape index (κ3) is 3.83. The number of carbonyl (C=O) groups is 1. The molecule has 1 N–H and O–H groups in total. The first-order valence-corrected chi connectivity index (χ1v) is 7.27. The summed E-state index contributed by atoms with van der Waals surface area (Å²) in [6, 6.07) is 0.0729. The molecule has 2 fully saturated rings.